The topological polar surface area (TPSA) is 125 Å². The predicted molar refractivity (Wildman–Crippen MR) is 96.4 cm³/mol. The van der Waals surface area contributed by atoms with Crippen LogP contribution in [0.3, 0.4) is 0 Å². The molecule has 3 aliphatic rings. The number of nitrogens with one attached hydrogen (secondary N) is 2. The van der Waals surface area contributed by atoms with Crippen LogP contribution in [0.15, 0.2) is 18.2 Å². The molecule has 5 N–H and O–H groups in total. The van der Waals surface area contributed by atoms with Crippen molar-refractivity contribution in [3.8, 4) is 0 Å². The van der Waals surface area contributed by atoms with E-state index in [9.17, 15) is 19.5 Å². The number of piperidine rings is 1. The summed E-state index contributed by atoms with van der Waals surface area (Å²) in [5.74, 6) is -0.867. The van der Waals surface area contributed by atoms with Gasteiger partial charge in [-0.1, -0.05) is 12.1 Å². The van der Waals surface area contributed by atoms with Crippen molar-refractivity contribution in [1.82, 2.24) is 15.5 Å². The fraction of sp³-hybridized carbons (Fsp3) is 0.526. The molecule has 1 saturated heterocycles. The summed E-state index contributed by atoms with van der Waals surface area (Å²) >= 11 is 0. The molecule has 4 rings (SSSR count). The molecule has 1 saturated carbocycles. The molecule has 27 heavy (non-hydrogen) atoms. The Morgan fingerprint density at radius 3 is 2.78 bits per heavy atom. The van der Waals surface area contributed by atoms with Gasteiger partial charge in [0, 0.05) is 37.7 Å². The number of hydrogen-bond donors (Lipinski definition) is 4. The van der Waals surface area contributed by atoms with E-state index in [0.29, 0.717) is 44.5 Å². The van der Waals surface area contributed by atoms with E-state index < -0.39 is 17.6 Å². The molecule has 1 atom stereocenters. The summed E-state index contributed by atoms with van der Waals surface area (Å²) in [5, 5.41) is 15.7. The largest absolute Gasteiger partial charge is 0.388 e. The number of nitrogens with zero attached hydrogens (tertiary/aromatic N) is 1. The van der Waals surface area contributed by atoms with Gasteiger partial charge in [-0.05, 0) is 36.5 Å². The normalized spacial score (nSPS) is 30.1. The zero-order valence-corrected chi connectivity index (χ0v) is 15.0. The van der Waals surface area contributed by atoms with Crippen LogP contribution in [0.4, 0.5) is 0 Å². The lowest BCUT2D eigenvalue weighted by atomic mass is 9.76. The number of aliphatic hydroxyl groups is 1. The molecular formula is C19H24N4O4. The summed E-state index contributed by atoms with van der Waals surface area (Å²) in [5.41, 5.74) is 7.43. The first-order chi connectivity index (χ1) is 12.8. The number of imide groups is 1. The zero-order valence-electron chi connectivity index (χ0n) is 15.0. The van der Waals surface area contributed by atoms with Gasteiger partial charge in [-0.3, -0.25) is 19.7 Å². The van der Waals surface area contributed by atoms with Gasteiger partial charge in [0.05, 0.1) is 5.60 Å². The number of carbonyl (C=O) groups excluding carboxylic acids is 3. The van der Waals surface area contributed by atoms with Gasteiger partial charge < -0.3 is 21.1 Å². The molecule has 1 aliphatic carbocycles. The lowest BCUT2D eigenvalue weighted by Crippen LogP contribution is -2.56. The van der Waals surface area contributed by atoms with Gasteiger partial charge in [0.2, 0.25) is 11.8 Å². The molecule has 8 heteroatoms. The second-order valence-corrected chi connectivity index (χ2v) is 7.89. The van der Waals surface area contributed by atoms with Gasteiger partial charge in [0.1, 0.15) is 6.04 Å². The number of hydrogen-bond acceptors (Lipinski definition) is 6. The minimum absolute atomic E-state index is 0.0766. The van der Waals surface area contributed by atoms with Crippen molar-refractivity contribution >= 4 is 17.7 Å². The number of benzene rings is 1. The van der Waals surface area contributed by atoms with Crippen molar-refractivity contribution in [2.24, 2.45) is 5.73 Å². The summed E-state index contributed by atoms with van der Waals surface area (Å²) in [6.07, 6.45) is 1.81. The van der Waals surface area contributed by atoms with Gasteiger partial charge in [-0.2, -0.15) is 0 Å². The highest BCUT2D eigenvalue weighted by atomic mass is 16.3. The first-order valence-corrected chi connectivity index (χ1v) is 9.30. The summed E-state index contributed by atoms with van der Waals surface area (Å²) in [6.45, 7) is 1.39. The third-order valence-corrected chi connectivity index (χ3v) is 5.66. The first-order valence-electron chi connectivity index (χ1n) is 9.30. The number of fused-ring (bicyclic) bond motifs is 1. The molecule has 1 unspecified atom stereocenters. The average Bonchev–Trinajstić information content (AvgIpc) is 2.90. The maximum Gasteiger partial charge on any atom is 0.255 e. The fourth-order valence-electron chi connectivity index (χ4n) is 4.21. The van der Waals surface area contributed by atoms with Crippen LogP contribution in [0.5, 0.6) is 0 Å². The molecule has 1 aromatic carbocycles. The van der Waals surface area contributed by atoms with Crippen LogP contribution in [0.1, 0.15) is 47.2 Å². The second kappa shape index (κ2) is 6.70. The molecular weight excluding hydrogens is 348 g/mol. The van der Waals surface area contributed by atoms with E-state index in [1.807, 2.05) is 18.2 Å². The fourth-order valence-corrected chi connectivity index (χ4v) is 4.21. The van der Waals surface area contributed by atoms with E-state index in [2.05, 4.69) is 10.6 Å². The summed E-state index contributed by atoms with van der Waals surface area (Å²) in [6, 6.07) is 5.18. The molecule has 0 radical (unpaired) electrons. The third kappa shape index (κ3) is 3.47. The van der Waals surface area contributed by atoms with E-state index >= 15 is 0 Å². The second-order valence-electron chi connectivity index (χ2n) is 7.89. The van der Waals surface area contributed by atoms with Crippen molar-refractivity contribution in [3.05, 3.63) is 34.9 Å². The van der Waals surface area contributed by atoms with Crippen molar-refractivity contribution in [2.45, 2.75) is 56.5 Å². The maximum atomic E-state index is 12.8. The lowest BCUT2D eigenvalue weighted by molar-refractivity contribution is -0.136. The van der Waals surface area contributed by atoms with Crippen LogP contribution in [-0.4, -0.2) is 52.0 Å². The Labute approximate surface area is 157 Å². The highest BCUT2D eigenvalue weighted by Gasteiger charge is 2.40. The highest BCUT2D eigenvalue weighted by molar-refractivity contribution is 6.05. The predicted octanol–water partition coefficient (Wildman–Crippen LogP) is -0.611. The van der Waals surface area contributed by atoms with E-state index in [4.69, 9.17) is 5.73 Å². The van der Waals surface area contributed by atoms with Crippen molar-refractivity contribution < 1.29 is 19.5 Å². The third-order valence-electron chi connectivity index (χ3n) is 5.66. The quantitative estimate of drug-likeness (QED) is 0.511. The smallest absolute Gasteiger partial charge is 0.255 e. The lowest BCUT2D eigenvalue weighted by Gasteiger charge is -2.41. The molecule has 0 spiro atoms. The minimum atomic E-state index is -0.728. The van der Waals surface area contributed by atoms with Gasteiger partial charge >= 0.3 is 0 Å². The Kier molecular flexibility index (Phi) is 4.49. The molecule has 1 aromatic rings. The van der Waals surface area contributed by atoms with E-state index in [0.717, 1.165) is 11.1 Å². The molecule has 0 aromatic heterocycles. The number of carbonyl (C=O) groups is 3. The Morgan fingerprint density at radius 1 is 1.30 bits per heavy atom. The zero-order chi connectivity index (χ0) is 19.2. The van der Waals surface area contributed by atoms with Crippen LogP contribution in [0.2, 0.25) is 0 Å². The van der Waals surface area contributed by atoms with Crippen molar-refractivity contribution in [3.63, 3.8) is 0 Å². The molecule has 2 fully saturated rings. The van der Waals surface area contributed by atoms with Crippen LogP contribution < -0.4 is 16.4 Å². The molecule has 2 aliphatic heterocycles. The number of nitrogens with two attached hydrogens (primary N) is 1. The van der Waals surface area contributed by atoms with Crippen LogP contribution >= 0.6 is 0 Å². The van der Waals surface area contributed by atoms with Gasteiger partial charge in [0.15, 0.2) is 0 Å². The Balaban J connectivity index is 1.39. The van der Waals surface area contributed by atoms with E-state index in [1.165, 1.54) is 0 Å². The van der Waals surface area contributed by atoms with Crippen LogP contribution in [0, 0.1) is 0 Å². The van der Waals surface area contributed by atoms with Gasteiger partial charge in [-0.15, -0.1) is 0 Å². The van der Waals surface area contributed by atoms with Crippen molar-refractivity contribution in [1.29, 1.82) is 0 Å². The maximum absolute atomic E-state index is 12.8. The first kappa shape index (κ1) is 18.1. The van der Waals surface area contributed by atoms with Gasteiger partial charge in [-0.25, -0.2) is 0 Å². The molecule has 0 bridgehead atoms. The summed E-state index contributed by atoms with van der Waals surface area (Å²) in [7, 11) is 0. The summed E-state index contributed by atoms with van der Waals surface area (Å²) in [4.78, 5) is 37.7. The van der Waals surface area contributed by atoms with Crippen LogP contribution in [-0.2, 0) is 22.7 Å². The average molecular weight is 372 g/mol. The Hall–Kier alpha value is -2.29. The summed E-state index contributed by atoms with van der Waals surface area (Å²) < 4.78 is 0. The van der Waals surface area contributed by atoms with Crippen LogP contribution in [0.25, 0.3) is 0 Å². The Morgan fingerprint density at radius 2 is 2.07 bits per heavy atom. The van der Waals surface area contributed by atoms with E-state index in [-0.39, 0.29) is 24.3 Å². The molecule has 3 amide bonds. The standard InChI is InChI=1S/C19H24N4O4/c20-13-6-19(27,7-13)10-21-8-11-1-2-12-9-23(18(26)14(12)5-11)15-3-4-16(24)22-17(15)25/h1-2,5,13,15,21,27H,3-4,6-10,20H2,(H,22,24,25). The molecule has 2 heterocycles. The number of rotatable bonds is 5. The number of amides is 3. The monoisotopic (exact) mass is 372 g/mol. The molecule has 144 valence electrons. The van der Waals surface area contributed by atoms with E-state index in [1.54, 1.807) is 4.90 Å². The SMILES string of the molecule is NC1CC(O)(CNCc2ccc3c(c2)C(=O)N(C2CCC(=O)NC2=O)C3)C1. The molecule has 8 nitrogen and oxygen atoms in total. The van der Waals surface area contributed by atoms with Gasteiger partial charge in [0.25, 0.3) is 5.91 Å². The highest BCUT2D eigenvalue weighted by Crippen LogP contribution is 2.30. The van der Waals surface area contributed by atoms with Crippen molar-refractivity contribution in [2.75, 3.05) is 6.54 Å². The Bertz CT molecular complexity index is 803. The minimum Gasteiger partial charge on any atom is -0.388 e.